The Kier molecular flexibility index (Phi) is 6.46. The molecule has 0 spiro atoms. The Morgan fingerprint density at radius 1 is 1.06 bits per heavy atom. The first-order valence-electron chi connectivity index (χ1n) is 8.73. The van der Waals surface area contributed by atoms with Gasteiger partial charge in [-0.1, -0.05) is 0 Å². The number of methoxy groups -OCH3 is 3. The van der Waals surface area contributed by atoms with Crippen molar-refractivity contribution in [3.8, 4) is 22.8 Å². The molecule has 0 saturated carbocycles. The zero-order valence-corrected chi connectivity index (χ0v) is 17.5. The average Bonchev–Trinajstić information content (AvgIpc) is 3.25. The van der Waals surface area contributed by atoms with Crippen molar-refractivity contribution in [3.63, 3.8) is 0 Å². The molecule has 1 amide bonds. The molecule has 1 aromatic heterocycles. The number of nitrogens with one attached hydrogen (secondary N) is 1. The van der Waals surface area contributed by atoms with Gasteiger partial charge in [-0.05, 0) is 24.3 Å². The summed E-state index contributed by atoms with van der Waals surface area (Å²) >= 11 is 1.16. The van der Waals surface area contributed by atoms with E-state index in [1.165, 1.54) is 13.2 Å². The van der Waals surface area contributed by atoms with E-state index < -0.39 is 22.5 Å². The maximum atomic E-state index is 12.7. The molecule has 11 heteroatoms. The molecule has 160 valence electrons. The third kappa shape index (κ3) is 4.78. The lowest BCUT2D eigenvalue weighted by Gasteiger charge is -2.08. The third-order valence-corrected chi connectivity index (χ3v) is 4.98. The molecule has 1 heterocycles. The summed E-state index contributed by atoms with van der Waals surface area (Å²) in [5.41, 5.74) is 0.620. The summed E-state index contributed by atoms with van der Waals surface area (Å²) in [4.78, 5) is 39.3. The number of esters is 1. The first-order valence-corrected chi connectivity index (χ1v) is 9.61. The van der Waals surface area contributed by atoms with Crippen LogP contribution in [0.5, 0.6) is 11.5 Å². The molecule has 0 aliphatic heterocycles. The van der Waals surface area contributed by atoms with Gasteiger partial charge in [0.2, 0.25) is 0 Å². The predicted molar refractivity (Wildman–Crippen MR) is 113 cm³/mol. The van der Waals surface area contributed by atoms with Gasteiger partial charge < -0.3 is 14.2 Å². The second-order valence-electron chi connectivity index (χ2n) is 6.08. The fraction of sp³-hybridized carbons (Fsp3) is 0.150. The maximum Gasteiger partial charge on any atom is 0.338 e. The Morgan fingerprint density at radius 2 is 1.81 bits per heavy atom. The molecular formula is C20H17N3O7S. The van der Waals surface area contributed by atoms with E-state index in [1.807, 2.05) is 0 Å². The Hall–Kier alpha value is -3.99. The molecule has 0 bridgehead atoms. The lowest BCUT2D eigenvalue weighted by molar-refractivity contribution is -0.384. The van der Waals surface area contributed by atoms with Gasteiger partial charge in [-0.2, -0.15) is 0 Å². The number of carbonyl (C=O) groups is 2. The molecule has 2 aromatic carbocycles. The quantitative estimate of drug-likeness (QED) is 0.332. The number of non-ortho nitro benzene ring substituents is 1. The van der Waals surface area contributed by atoms with Crippen molar-refractivity contribution in [1.29, 1.82) is 0 Å². The van der Waals surface area contributed by atoms with E-state index in [0.717, 1.165) is 30.6 Å². The van der Waals surface area contributed by atoms with Crippen LogP contribution in [0.25, 0.3) is 11.3 Å². The van der Waals surface area contributed by atoms with E-state index in [-0.39, 0.29) is 16.3 Å². The summed E-state index contributed by atoms with van der Waals surface area (Å²) in [6.07, 6.45) is 0. The van der Waals surface area contributed by atoms with Crippen molar-refractivity contribution < 1.29 is 28.7 Å². The number of nitrogens with zero attached hydrogens (tertiary/aromatic N) is 2. The average molecular weight is 443 g/mol. The fourth-order valence-electron chi connectivity index (χ4n) is 2.72. The van der Waals surface area contributed by atoms with E-state index in [4.69, 9.17) is 9.47 Å². The van der Waals surface area contributed by atoms with Crippen molar-refractivity contribution in [2.24, 2.45) is 0 Å². The van der Waals surface area contributed by atoms with E-state index in [2.05, 4.69) is 15.0 Å². The number of anilines is 1. The van der Waals surface area contributed by atoms with Crippen LogP contribution >= 0.6 is 11.3 Å². The Labute approximate surface area is 180 Å². The smallest absolute Gasteiger partial charge is 0.338 e. The molecule has 0 fully saturated rings. The van der Waals surface area contributed by atoms with Crippen LogP contribution in [0.3, 0.4) is 0 Å². The maximum absolute atomic E-state index is 12.7. The van der Waals surface area contributed by atoms with Gasteiger partial charge in [0.05, 0.1) is 37.5 Å². The Morgan fingerprint density at radius 3 is 2.45 bits per heavy atom. The molecular weight excluding hydrogens is 426 g/mol. The minimum Gasteiger partial charge on any atom is -0.497 e. The van der Waals surface area contributed by atoms with E-state index >= 15 is 0 Å². The lowest BCUT2D eigenvalue weighted by Crippen LogP contribution is -2.14. The number of nitro groups is 1. The van der Waals surface area contributed by atoms with Gasteiger partial charge in [-0.3, -0.25) is 20.2 Å². The number of amides is 1. The normalized spacial score (nSPS) is 10.3. The number of benzene rings is 2. The molecule has 0 aliphatic carbocycles. The third-order valence-electron chi connectivity index (χ3n) is 4.22. The number of nitro benzene ring substituents is 1. The van der Waals surface area contributed by atoms with Crippen LogP contribution in [-0.4, -0.2) is 43.1 Å². The standard InChI is InChI=1S/C20H17N3O7S/c1-28-14-4-5-17(29-2)15(9-14)16-10-31-20(21-16)22-18(24)11-6-12(19(25)30-3)8-13(7-11)23(26)27/h4-10H,1-3H3,(H,21,22,24). The molecule has 31 heavy (non-hydrogen) atoms. The molecule has 3 aromatic rings. The van der Waals surface area contributed by atoms with Gasteiger partial charge in [0.1, 0.15) is 11.5 Å². The highest BCUT2D eigenvalue weighted by Crippen LogP contribution is 2.35. The largest absolute Gasteiger partial charge is 0.497 e. The van der Waals surface area contributed by atoms with Crippen LogP contribution in [0.15, 0.2) is 41.8 Å². The van der Waals surface area contributed by atoms with Crippen LogP contribution in [0.2, 0.25) is 0 Å². The SMILES string of the molecule is COC(=O)c1cc(C(=O)Nc2nc(-c3cc(OC)ccc3OC)cs2)cc([N+](=O)[O-])c1. The zero-order valence-electron chi connectivity index (χ0n) is 16.7. The van der Waals surface area contributed by atoms with Crippen molar-refractivity contribution in [3.05, 3.63) is 63.0 Å². The number of hydrogen-bond donors (Lipinski definition) is 1. The Bertz CT molecular complexity index is 1160. The topological polar surface area (TPSA) is 130 Å². The van der Waals surface area contributed by atoms with Crippen LogP contribution in [0, 0.1) is 10.1 Å². The van der Waals surface area contributed by atoms with Crippen LogP contribution in [-0.2, 0) is 4.74 Å². The van der Waals surface area contributed by atoms with Crippen molar-refractivity contribution >= 4 is 34.0 Å². The van der Waals surface area contributed by atoms with Crippen molar-refractivity contribution in [1.82, 2.24) is 4.98 Å². The number of ether oxygens (including phenoxy) is 3. The number of rotatable bonds is 7. The second kappa shape index (κ2) is 9.22. The van der Waals surface area contributed by atoms with Crippen LogP contribution in [0.4, 0.5) is 10.8 Å². The minimum atomic E-state index is -0.792. The van der Waals surface area contributed by atoms with Gasteiger partial charge in [-0.15, -0.1) is 11.3 Å². The first-order chi connectivity index (χ1) is 14.9. The fourth-order valence-corrected chi connectivity index (χ4v) is 3.43. The Balaban J connectivity index is 1.89. The molecule has 10 nitrogen and oxygen atoms in total. The lowest BCUT2D eigenvalue weighted by atomic mass is 10.1. The highest BCUT2D eigenvalue weighted by atomic mass is 32.1. The molecule has 0 aliphatic rings. The van der Waals surface area contributed by atoms with Crippen LogP contribution < -0.4 is 14.8 Å². The summed E-state index contributed by atoms with van der Waals surface area (Å²) in [7, 11) is 4.21. The van der Waals surface area contributed by atoms with Crippen LogP contribution in [0.1, 0.15) is 20.7 Å². The van der Waals surface area contributed by atoms with Gasteiger partial charge >= 0.3 is 5.97 Å². The van der Waals surface area contributed by atoms with Gasteiger partial charge in [0.15, 0.2) is 5.13 Å². The van der Waals surface area contributed by atoms with E-state index in [1.54, 1.807) is 30.7 Å². The molecule has 0 atom stereocenters. The number of aromatic nitrogens is 1. The minimum absolute atomic E-state index is 0.0784. The summed E-state index contributed by atoms with van der Waals surface area (Å²) in [6, 6.07) is 8.57. The summed E-state index contributed by atoms with van der Waals surface area (Å²) in [5.74, 6) is -0.265. The second-order valence-corrected chi connectivity index (χ2v) is 6.93. The molecule has 0 unspecified atom stereocenters. The van der Waals surface area contributed by atoms with Crippen molar-refractivity contribution in [2.75, 3.05) is 26.6 Å². The highest BCUT2D eigenvalue weighted by Gasteiger charge is 2.20. The predicted octanol–water partition coefficient (Wildman–Crippen LogP) is 3.77. The van der Waals surface area contributed by atoms with E-state index in [0.29, 0.717) is 22.8 Å². The van der Waals surface area contributed by atoms with Crippen molar-refractivity contribution in [2.45, 2.75) is 0 Å². The summed E-state index contributed by atoms with van der Waals surface area (Å²) in [5, 5.41) is 15.7. The molecule has 1 N–H and O–H groups in total. The molecule has 3 rings (SSSR count). The number of hydrogen-bond acceptors (Lipinski definition) is 9. The summed E-state index contributed by atoms with van der Waals surface area (Å²) < 4.78 is 15.2. The first kappa shape index (κ1) is 21.7. The zero-order chi connectivity index (χ0) is 22.5. The number of thiazole rings is 1. The highest BCUT2D eigenvalue weighted by molar-refractivity contribution is 7.14. The van der Waals surface area contributed by atoms with Gasteiger partial charge in [0.25, 0.3) is 11.6 Å². The monoisotopic (exact) mass is 443 g/mol. The molecule has 0 radical (unpaired) electrons. The molecule has 0 saturated heterocycles. The summed E-state index contributed by atoms with van der Waals surface area (Å²) in [6.45, 7) is 0. The van der Waals surface area contributed by atoms with E-state index in [9.17, 15) is 19.7 Å². The number of carbonyl (C=O) groups excluding carboxylic acids is 2. The van der Waals surface area contributed by atoms with Gasteiger partial charge in [0, 0.05) is 28.6 Å². The van der Waals surface area contributed by atoms with Gasteiger partial charge in [-0.25, -0.2) is 9.78 Å².